The van der Waals surface area contributed by atoms with Crippen LogP contribution in [-0.2, 0) is 0 Å². The first-order chi connectivity index (χ1) is 10.3. The minimum atomic E-state index is 0.134. The highest BCUT2D eigenvalue weighted by Gasteiger charge is 2.18. The van der Waals surface area contributed by atoms with Crippen molar-refractivity contribution in [2.45, 2.75) is 0 Å². The van der Waals surface area contributed by atoms with Crippen LogP contribution in [0.4, 0.5) is 5.69 Å². The summed E-state index contributed by atoms with van der Waals surface area (Å²) in [5, 5.41) is 11.0. The molecule has 7 nitrogen and oxygen atoms in total. The van der Waals surface area contributed by atoms with E-state index >= 15 is 0 Å². The highest BCUT2D eigenvalue weighted by atomic mass is 32.1. The van der Waals surface area contributed by atoms with E-state index in [1.54, 1.807) is 18.3 Å². The molecular weight excluding hydrogens is 310 g/mol. The molecule has 104 valence electrons. The second-order valence-corrected chi connectivity index (χ2v) is 3.84. The van der Waals surface area contributed by atoms with Gasteiger partial charge in [0.15, 0.2) is 0 Å². The van der Waals surface area contributed by atoms with E-state index in [1.807, 2.05) is 0 Å². The van der Waals surface area contributed by atoms with E-state index in [0.29, 0.717) is 17.1 Å². The van der Waals surface area contributed by atoms with Crippen LogP contribution < -0.4 is 15.4 Å². The molecule has 2 rings (SSSR count). The Hall–Kier alpha value is -2.70. The van der Waals surface area contributed by atoms with Crippen LogP contribution in [0.25, 0.3) is 11.4 Å². The fraction of sp³-hybridized carbons (Fsp3) is 0. The van der Waals surface area contributed by atoms with Gasteiger partial charge in [-0.2, -0.15) is 0 Å². The molecule has 0 aliphatic carbocycles. The van der Waals surface area contributed by atoms with Gasteiger partial charge < -0.3 is 15.4 Å². The average molecular weight is 317 g/mol. The number of nitrogens with zero attached hydrogens (tertiary/aromatic N) is 4. The lowest BCUT2D eigenvalue weighted by Crippen LogP contribution is -1.99. The molecule has 2 N–H and O–H groups in total. The van der Waals surface area contributed by atoms with E-state index in [-0.39, 0.29) is 11.5 Å². The van der Waals surface area contributed by atoms with Crippen molar-refractivity contribution in [1.29, 1.82) is 0 Å². The Morgan fingerprint density at radius 1 is 1.00 bits per heavy atom. The lowest BCUT2D eigenvalue weighted by molar-refractivity contribution is 0.291. The first-order valence-electron chi connectivity index (χ1n) is 5.46. The Morgan fingerprint density at radius 2 is 1.71 bits per heavy atom. The highest BCUT2D eigenvalue weighted by molar-refractivity contribution is 7.78. The summed E-state index contributed by atoms with van der Waals surface area (Å²) in [6, 6.07) is 4.89. The predicted octanol–water partition coefficient (Wildman–Crippen LogP) is 2.52. The molecule has 0 bridgehead atoms. The van der Waals surface area contributed by atoms with Crippen LogP contribution in [0, 0.1) is 0 Å². The molecule has 0 atom stereocenters. The van der Waals surface area contributed by atoms with Crippen LogP contribution >= 0.6 is 24.4 Å². The smallest absolute Gasteiger partial charge is 0.232 e. The maximum Gasteiger partial charge on any atom is 0.232 e. The van der Waals surface area contributed by atoms with Crippen molar-refractivity contribution in [3.63, 3.8) is 0 Å². The summed E-state index contributed by atoms with van der Waals surface area (Å²) in [5.41, 5.74) is 7.02. The molecule has 9 heteroatoms. The first-order valence-corrected chi connectivity index (χ1v) is 6.27. The zero-order valence-corrected chi connectivity index (χ0v) is 12.0. The molecule has 0 aliphatic rings. The normalized spacial score (nSPS) is 9.14. The summed E-state index contributed by atoms with van der Waals surface area (Å²) in [4.78, 5) is 18.5. The Morgan fingerprint density at radius 3 is 2.43 bits per heavy atom. The molecule has 0 aliphatic heterocycles. The van der Waals surface area contributed by atoms with E-state index in [0.717, 1.165) is 0 Å². The third-order valence-corrected chi connectivity index (χ3v) is 2.44. The minimum absolute atomic E-state index is 0.134. The van der Waals surface area contributed by atoms with Gasteiger partial charge in [-0.15, -0.1) is 0 Å². The van der Waals surface area contributed by atoms with Gasteiger partial charge in [0.1, 0.15) is 21.7 Å². The van der Waals surface area contributed by atoms with Crippen LogP contribution in [0.3, 0.4) is 0 Å². The molecule has 2 aromatic rings. The number of hydrogen-bond acceptors (Lipinski definition) is 9. The lowest BCUT2D eigenvalue weighted by atomic mass is 10.2. The Kier molecular flexibility index (Phi) is 5.03. The first kappa shape index (κ1) is 14.7. The molecule has 0 amide bonds. The Labute approximate surface area is 130 Å². The van der Waals surface area contributed by atoms with Gasteiger partial charge in [0.05, 0.1) is 5.69 Å². The number of pyridine rings is 2. The SMILES string of the molecule is Nc1cccnc1-c1nccc(ON=C=S)c1ON=C=S. The van der Waals surface area contributed by atoms with Crippen molar-refractivity contribution in [1.82, 2.24) is 9.97 Å². The van der Waals surface area contributed by atoms with Crippen LogP contribution in [0.5, 0.6) is 11.5 Å². The van der Waals surface area contributed by atoms with Gasteiger partial charge in [0, 0.05) is 18.5 Å². The van der Waals surface area contributed by atoms with E-state index in [1.165, 1.54) is 12.3 Å². The molecule has 0 fully saturated rings. The zero-order chi connectivity index (χ0) is 15.1. The number of nitrogen functional groups attached to an aromatic ring is 1. The van der Waals surface area contributed by atoms with Crippen LogP contribution in [-0.4, -0.2) is 20.3 Å². The molecule has 2 aromatic heterocycles. The van der Waals surface area contributed by atoms with Crippen LogP contribution in [0.1, 0.15) is 0 Å². The van der Waals surface area contributed by atoms with E-state index in [9.17, 15) is 0 Å². The molecule has 0 saturated carbocycles. The maximum absolute atomic E-state index is 5.88. The predicted molar refractivity (Wildman–Crippen MR) is 83.2 cm³/mol. The van der Waals surface area contributed by atoms with Crippen molar-refractivity contribution in [2.75, 3.05) is 5.73 Å². The lowest BCUT2D eigenvalue weighted by Gasteiger charge is -2.09. The molecule has 0 aromatic carbocycles. The third kappa shape index (κ3) is 3.44. The van der Waals surface area contributed by atoms with Crippen molar-refractivity contribution in [3.05, 3.63) is 30.6 Å². The number of isothiocyanates is 2. The van der Waals surface area contributed by atoms with Crippen molar-refractivity contribution in [2.24, 2.45) is 10.3 Å². The number of nitrogens with two attached hydrogens (primary N) is 1. The Balaban J connectivity index is 2.61. The second-order valence-electron chi connectivity index (χ2n) is 3.48. The second kappa shape index (κ2) is 7.18. The summed E-state index contributed by atoms with van der Waals surface area (Å²) in [5.74, 6) is 0.339. The summed E-state index contributed by atoms with van der Waals surface area (Å²) in [6.45, 7) is 0. The molecule has 0 spiro atoms. The molecule has 0 unspecified atom stereocenters. The minimum Gasteiger partial charge on any atom is -0.397 e. The van der Waals surface area contributed by atoms with Gasteiger partial charge in [-0.3, -0.25) is 9.97 Å². The number of thiocarbonyl (C=S) groups is 2. The molecule has 21 heavy (non-hydrogen) atoms. The molecule has 0 saturated heterocycles. The zero-order valence-electron chi connectivity index (χ0n) is 10.4. The van der Waals surface area contributed by atoms with E-state index in [4.69, 9.17) is 15.4 Å². The number of anilines is 1. The van der Waals surface area contributed by atoms with Gasteiger partial charge >= 0.3 is 0 Å². The van der Waals surface area contributed by atoms with Gasteiger partial charge in [0.2, 0.25) is 11.5 Å². The summed E-state index contributed by atoms with van der Waals surface area (Å²) in [6.07, 6.45) is 3.05. The van der Waals surface area contributed by atoms with Gasteiger partial charge in [-0.05, 0) is 46.9 Å². The summed E-state index contributed by atoms with van der Waals surface area (Å²) < 4.78 is 0. The standard InChI is InChI=1S/C12H7N5O2S2/c13-8-2-1-4-14-10(8)11-12(19-17-7-21)9(3-5-15-11)18-16-6-20/h1-5H,13H2. The summed E-state index contributed by atoms with van der Waals surface area (Å²) in [7, 11) is 0. The van der Waals surface area contributed by atoms with Crippen molar-refractivity contribution >= 4 is 40.4 Å². The maximum atomic E-state index is 5.88. The topological polar surface area (TPSA) is 95.0 Å². The fourth-order valence-electron chi connectivity index (χ4n) is 1.51. The van der Waals surface area contributed by atoms with Crippen molar-refractivity contribution in [3.8, 4) is 22.9 Å². The van der Waals surface area contributed by atoms with E-state index in [2.05, 4.69) is 55.0 Å². The van der Waals surface area contributed by atoms with Crippen LogP contribution in [0.15, 0.2) is 40.9 Å². The quantitative estimate of drug-likeness (QED) is 0.514. The van der Waals surface area contributed by atoms with Gasteiger partial charge in [-0.1, -0.05) is 0 Å². The number of hydrogen-bond donors (Lipinski definition) is 1. The highest BCUT2D eigenvalue weighted by Crippen LogP contribution is 2.37. The average Bonchev–Trinajstić information content (AvgIpc) is 2.51. The van der Waals surface area contributed by atoms with E-state index < -0.39 is 0 Å². The monoisotopic (exact) mass is 317 g/mol. The summed E-state index contributed by atoms with van der Waals surface area (Å²) >= 11 is 8.92. The molecular formula is C12H7N5O2S2. The number of rotatable bonds is 5. The van der Waals surface area contributed by atoms with Gasteiger partial charge in [0.25, 0.3) is 0 Å². The van der Waals surface area contributed by atoms with Gasteiger partial charge in [-0.25, -0.2) is 0 Å². The van der Waals surface area contributed by atoms with Crippen LogP contribution in [0.2, 0.25) is 0 Å². The number of aromatic nitrogens is 2. The van der Waals surface area contributed by atoms with Crippen molar-refractivity contribution < 1.29 is 9.68 Å². The molecule has 0 radical (unpaired) electrons. The molecule has 2 heterocycles. The largest absolute Gasteiger partial charge is 0.397 e. The third-order valence-electron chi connectivity index (χ3n) is 2.29. The fourth-order valence-corrected chi connectivity index (χ4v) is 1.58. The Bertz CT molecular complexity index is 755.